The predicted molar refractivity (Wildman–Crippen MR) is 73.6 cm³/mol. The lowest BCUT2D eigenvalue weighted by atomic mass is 9.78. The quantitative estimate of drug-likeness (QED) is 0.849. The number of hydrogen-bond acceptors (Lipinski definition) is 2. The van der Waals surface area contributed by atoms with Gasteiger partial charge in [-0.05, 0) is 38.6 Å². The van der Waals surface area contributed by atoms with Gasteiger partial charge in [0, 0.05) is 13.6 Å². The first-order valence-electron chi connectivity index (χ1n) is 6.32. The molecule has 0 amide bonds. The predicted octanol–water partition coefficient (Wildman–Crippen LogP) is 2.95. The molecule has 1 rings (SSSR count). The molecule has 0 unspecified atom stereocenters. The first kappa shape index (κ1) is 14.5. The van der Waals surface area contributed by atoms with Gasteiger partial charge in [0.05, 0.1) is 16.4 Å². The Bertz CT molecular complexity index is 367. The molecule has 0 aliphatic rings. The van der Waals surface area contributed by atoms with Crippen LogP contribution >= 0.6 is 11.6 Å². The molecule has 0 atom stereocenters. The number of nitrogens with zero attached hydrogens (tertiary/aromatic N) is 2. The Kier molecular flexibility index (Phi) is 5.02. The first-order valence-corrected chi connectivity index (χ1v) is 6.70. The van der Waals surface area contributed by atoms with Gasteiger partial charge in [-0.2, -0.15) is 5.10 Å². The Balaban J connectivity index is 3.00. The molecule has 1 aromatic heterocycles. The molecule has 1 N–H and O–H groups in total. The van der Waals surface area contributed by atoms with Crippen LogP contribution in [-0.4, -0.2) is 23.4 Å². The summed E-state index contributed by atoms with van der Waals surface area (Å²) in [7, 11) is 3.99. The van der Waals surface area contributed by atoms with Gasteiger partial charge in [-0.3, -0.25) is 4.68 Å². The summed E-state index contributed by atoms with van der Waals surface area (Å²) >= 11 is 6.33. The smallest absolute Gasteiger partial charge is 0.0847 e. The molecule has 98 valence electrons. The summed E-state index contributed by atoms with van der Waals surface area (Å²) in [5.74, 6) is 0. The molecule has 0 aliphatic heterocycles. The van der Waals surface area contributed by atoms with E-state index in [0.717, 1.165) is 42.2 Å². The molecule has 0 aliphatic carbocycles. The van der Waals surface area contributed by atoms with E-state index in [1.54, 1.807) is 0 Å². The third-order valence-corrected chi connectivity index (χ3v) is 4.35. The van der Waals surface area contributed by atoms with Crippen LogP contribution in [0.25, 0.3) is 0 Å². The van der Waals surface area contributed by atoms with E-state index in [2.05, 4.69) is 24.3 Å². The van der Waals surface area contributed by atoms with Gasteiger partial charge in [-0.1, -0.05) is 25.4 Å². The standard InChI is InChI=1S/C13H24ClN3/c1-6-13(7-2,9-15-4)8-11-12(14)10(3)16-17(11)5/h15H,6-9H2,1-5H3. The highest BCUT2D eigenvalue weighted by Crippen LogP contribution is 2.33. The average molecular weight is 258 g/mol. The number of nitrogens with one attached hydrogen (secondary N) is 1. The second-order valence-electron chi connectivity index (χ2n) is 4.88. The molecule has 0 radical (unpaired) electrons. The minimum Gasteiger partial charge on any atom is -0.319 e. The van der Waals surface area contributed by atoms with Gasteiger partial charge in [-0.25, -0.2) is 0 Å². The molecule has 0 spiro atoms. The normalized spacial score (nSPS) is 12.1. The van der Waals surface area contributed by atoms with Crippen LogP contribution < -0.4 is 5.32 Å². The van der Waals surface area contributed by atoms with E-state index < -0.39 is 0 Å². The second kappa shape index (κ2) is 5.87. The van der Waals surface area contributed by atoms with Crippen LogP contribution in [-0.2, 0) is 13.5 Å². The van der Waals surface area contributed by atoms with Crippen LogP contribution in [0.3, 0.4) is 0 Å². The van der Waals surface area contributed by atoms with Crippen molar-refractivity contribution in [3.63, 3.8) is 0 Å². The lowest BCUT2D eigenvalue weighted by Crippen LogP contribution is -2.34. The maximum atomic E-state index is 6.33. The molecule has 4 heteroatoms. The van der Waals surface area contributed by atoms with Crippen molar-refractivity contribution in [1.82, 2.24) is 15.1 Å². The fourth-order valence-electron chi connectivity index (χ4n) is 2.41. The van der Waals surface area contributed by atoms with Crippen molar-refractivity contribution in [1.29, 1.82) is 0 Å². The molecule has 1 aromatic rings. The number of halogens is 1. The zero-order valence-electron chi connectivity index (χ0n) is 11.6. The topological polar surface area (TPSA) is 29.9 Å². The van der Waals surface area contributed by atoms with E-state index in [9.17, 15) is 0 Å². The highest BCUT2D eigenvalue weighted by molar-refractivity contribution is 6.31. The second-order valence-corrected chi connectivity index (χ2v) is 5.26. The molecule has 0 bridgehead atoms. The highest BCUT2D eigenvalue weighted by atomic mass is 35.5. The summed E-state index contributed by atoms with van der Waals surface area (Å²) in [4.78, 5) is 0. The van der Waals surface area contributed by atoms with Crippen molar-refractivity contribution in [2.45, 2.75) is 40.0 Å². The number of hydrogen-bond donors (Lipinski definition) is 1. The Morgan fingerprint density at radius 1 is 1.35 bits per heavy atom. The van der Waals surface area contributed by atoms with Gasteiger partial charge < -0.3 is 5.32 Å². The molecule has 1 heterocycles. The van der Waals surface area contributed by atoms with Gasteiger partial charge in [0.1, 0.15) is 0 Å². The van der Waals surface area contributed by atoms with E-state index in [-0.39, 0.29) is 5.41 Å². The van der Waals surface area contributed by atoms with E-state index in [4.69, 9.17) is 11.6 Å². The molecule has 0 fully saturated rings. The van der Waals surface area contributed by atoms with Crippen LogP contribution in [0.2, 0.25) is 5.02 Å². The Hall–Kier alpha value is -0.540. The SMILES string of the molecule is CCC(CC)(CNC)Cc1c(Cl)c(C)nn1C. The van der Waals surface area contributed by atoms with Gasteiger partial charge in [0.15, 0.2) is 0 Å². The molecular weight excluding hydrogens is 234 g/mol. The monoisotopic (exact) mass is 257 g/mol. The largest absolute Gasteiger partial charge is 0.319 e. The van der Waals surface area contributed by atoms with E-state index in [1.807, 2.05) is 25.7 Å². The molecular formula is C13H24ClN3. The van der Waals surface area contributed by atoms with Gasteiger partial charge in [0.2, 0.25) is 0 Å². The molecule has 17 heavy (non-hydrogen) atoms. The Morgan fingerprint density at radius 3 is 2.29 bits per heavy atom. The summed E-state index contributed by atoms with van der Waals surface area (Å²) in [6.07, 6.45) is 3.27. The third-order valence-electron chi connectivity index (χ3n) is 3.86. The molecule has 3 nitrogen and oxygen atoms in total. The van der Waals surface area contributed by atoms with Gasteiger partial charge in [0.25, 0.3) is 0 Å². The number of aryl methyl sites for hydroxylation is 2. The summed E-state index contributed by atoms with van der Waals surface area (Å²) in [5, 5.41) is 8.52. The fourth-order valence-corrected chi connectivity index (χ4v) is 2.64. The maximum Gasteiger partial charge on any atom is 0.0847 e. The maximum absolute atomic E-state index is 6.33. The van der Waals surface area contributed by atoms with Crippen molar-refractivity contribution < 1.29 is 0 Å². The van der Waals surface area contributed by atoms with Gasteiger partial charge >= 0.3 is 0 Å². The lowest BCUT2D eigenvalue weighted by Gasteiger charge is -2.31. The van der Waals surface area contributed by atoms with Gasteiger partial charge in [-0.15, -0.1) is 0 Å². The van der Waals surface area contributed by atoms with Crippen LogP contribution in [0, 0.1) is 12.3 Å². The summed E-state index contributed by atoms with van der Waals surface area (Å²) < 4.78 is 1.92. The number of rotatable bonds is 6. The average Bonchev–Trinajstić information content (AvgIpc) is 2.55. The first-order chi connectivity index (χ1) is 7.99. The molecule has 0 saturated carbocycles. The van der Waals surface area contributed by atoms with Crippen molar-refractivity contribution >= 4 is 11.6 Å². The Labute approximate surface area is 110 Å². The third kappa shape index (κ3) is 3.02. The van der Waals surface area contributed by atoms with Crippen molar-refractivity contribution in [3.8, 4) is 0 Å². The van der Waals surface area contributed by atoms with Crippen LogP contribution in [0.1, 0.15) is 38.1 Å². The lowest BCUT2D eigenvalue weighted by molar-refractivity contribution is 0.247. The zero-order chi connectivity index (χ0) is 13.1. The summed E-state index contributed by atoms with van der Waals surface area (Å²) in [6, 6.07) is 0. The van der Waals surface area contributed by atoms with E-state index >= 15 is 0 Å². The van der Waals surface area contributed by atoms with Crippen molar-refractivity contribution in [3.05, 3.63) is 16.4 Å². The van der Waals surface area contributed by atoms with Crippen molar-refractivity contribution in [2.24, 2.45) is 12.5 Å². The summed E-state index contributed by atoms with van der Waals surface area (Å²) in [5.41, 5.74) is 2.36. The van der Waals surface area contributed by atoms with Crippen LogP contribution in [0.4, 0.5) is 0 Å². The van der Waals surface area contributed by atoms with E-state index in [0.29, 0.717) is 0 Å². The summed E-state index contributed by atoms with van der Waals surface area (Å²) in [6.45, 7) is 7.47. The molecule has 0 aromatic carbocycles. The zero-order valence-corrected chi connectivity index (χ0v) is 12.4. The minimum atomic E-state index is 0.276. The van der Waals surface area contributed by atoms with Crippen LogP contribution in [0.5, 0.6) is 0 Å². The number of aromatic nitrogens is 2. The van der Waals surface area contributed by atoms with Crippen LogP contribution in [0.15, 0.2) is 0 Å². The minimum absolute atomic E-state index is 0.276. The molecule has 0 saturated heterocycles. The van der Waals surface area contributed by atoms with Crippen molar-refractivity contribution in [2.75, 3.05) is 13.6 Å². The van der Waals surface area contributed by atoms with E-state index in [1.165, 1.54) is 0 Å². The Morgan fingerprint density at radius 2 is 1.94 bits per heavy atom. The highest BCUT2D eigenvalue weighted by Gasteiger charge is 2.28. The fraction of sp³-hybridized carbons (Fsp3) is 0.769.